The number of benzene rings is 1. The molecule has 1 rings (SSSR count). The number of carboxylic acids is 1. The standard InChI is InChI=1S/C17H25NO4/c1-12(2)11-18(8-7-17(20)21)16(19)10-14-9-13(3)5-6-15(14)22-4/h5-6,9,12H,7-8,10-11H2,1-4H3,(H,20,21). The molecule has 1 N–H and O–H groups in total. The first-order valence-corrected chi connectivity index (χ1v) is 7.46. The topological polar surface area (TPSA) is 66.8 Å². The summed E-state index contributed by atoms with van der Waals surface area (Å²) in [7, 11) is 1.58. The van der Waals surface area contributed by atoms with E-state index >= 15 is 0 Å². The first-order valence-electron chi connectivity index (χ1n) is 7.46. The molecule has 0 saturated heterocycles. The minimum Gasteiger partial charge on any atom is -0.496 e. The quantitative estimate of drug-likeness (QED) is 0.801. The summed E-state index contributed by atoms with van der Waals surface area (Å²) in [6.45, 7) is 6.77. The van der Waals surface area contributed by atoms with Crippen molar-refractivity contribution in [2.24, 2.45) is 5.92 Å². The number of hydrogen-bond donors (Lipinski definition) is 1. The van der Waals surface area contributed by atoms with Crippen LogP contribution < -0.4 is 4.74 Å². The van der Waals surface area contributed by atoms with Crippen LogP contribution in [0, 0.1) is 12.8 Å². The van der Waals surface area contributed by atoms with Crippen molar-refractivity contribution in [3.8, 4) is 5.75 Å². The van der Waals surface area contributed by atoms with Crippen LogP contribution in [0.25, 0.3) is 0 Å². The zero-order valence-corrected chi connectivity index (χ0v) is 13.8. The van der Waals surface area contributed by atoms with Crippen molar-refractivity contribution in [1.29, 1.82) is 0 Å². The van der Waals surface area contributed by atoms with E-state index in [1.807, 2.05) is 39.0 Å². The average Bonchev–Trinajstić information content (AvgIpc) is 2.43. The van der Waals surface area contributed by atoms with Crippen LogP contribution in [0.1, 0.15) is 31.4 Å². The van der Waals surface area contributed by atoms with Crippen molar-refractivity contribution < 1.29 is 19.4 Å². The molecule has 0 bridgehead atoms. The Balaban J connectivity index is 2.85. The number of nitrogens with zero attached hydrogens (tertiary/aromatic N) is 1. The molecule has 0 unspecified atom stereocenters. The number of amides is 1. The fourth-order valence-electron chi connectivity index (χ4n) is 2.31. The van der Waals surface area contributed by atoms with Crippen molar-refractivity contribution in [3.05, 3.63) is 29.3 Å². The molecule has 0 aliphatic rings. The van der Waals surface area contributed by atoms with Gasteiger partial charge in [0.2, 0.25) is 5.91 Å². The Labute approximate surface area is 131 Å². The van der Waals surface area contributed by atoms with Crippen molar-refractivity contribution in [3.63, 3.8) is 0 Å². The van der Waals surface area contributed by atoms with Gasteiger partial charge in [-0.3, -0.25) is 9.59 Å². The number of aliphatic carboxylic acids is 1. The third-order valence-electron chi connectivity index (χ3n) is 3.31. The number of carboxylic acid groups (broad SMARTS) is 1. The van der Waals surface area contributed by atoms with Crippen molar-refractivity contribution in [2.75, 3.05) is 20.2 Å². The second kappa shape index (κ2) is 8.41. The van der Waals surface area contributed by atoms with Gasteiger partial charge in [0.25, 0.3) is 0 Å². The highest BCUT2D eigenvalue weighted by Crippen LogP contribution is 2.21. The van der Waals surface area contributed by atoms with Gasteiger partial charge in [-0.15, -0.1) is 0 Å². The number of rotatable bonds is 8. The minimum atomic E-state index is -0.894. The molecule has 0 heterocycles. The predicted octanol–water partition coefficient (Wildman–Crippen LogP) is 2.51. The first kappa shape index (κ1) is 18.0. The molecule has 0 saturated carbocycles. The third-order valence-corrected chi connectivity index (χ3v) is 3.31. The Kier molecular flexibility index (Phi) is 6.89. The minimum absolute atomic E-state index is 0.0383. The van der Waals surface area contributed by atoms with Crippen LogP contribution in [0.15, 0.2) is 18.2 Å². The van der Waals surface area contributed by atoms with E-state index in [9.17, 15) is 9.59 Å². The van der Waals surface area contributed by atoms with E-state index in [0.29, 0.717) is 12.3 Å². The summed E-state index contributed by atoms with van der Waals surface area (Å²) in [5.74, 6) is 0.00683. The number of hydrogen-bond acceptors (Lipinski definition) is 3. The molecule has 0 fully saturated rings. The first-order chi connectivity index (χ1) is 10.3. The Morgan fingerprint density at radius 2 is 2.00 bits per heavy atom. The molecule has 0 radical (unpaired) electrons. The maximum Gasteiger partial charge on any atom is 0.305 e. The number of carbonyl (C=O) groups is 2. The Bertz CT molecular complexity index is 525. The van der Waals surface area contributed by atoms with Crippen LogP contribution in [-0.4, -0.2) is 42.1 Å². The smallest absolute Gasteiger partial charge is 0.305 e. The van der Waals surface area contributed by atoms with Crippen LogP contribution >= 0.6 is 0 Å². The molecule has 0 aliphatic heterocycles. The van der Waals surface area contributed by atoms with Crippen molar-refractivity contribution in [2.45, 2.75) is 33.6 Å². The number of methoxy groups -OCH3 is 1. The fourth-order valence-corrected chi connectivity index (χ4v) is 2.31. The molecule has 1 amide bonds. The lowest BCUT2D eigenvalue weighted by atomic mass is 10.1. The summed E-state index contributed by atoms with van der Waals surface area (Å²) >= 11 is 0. The molecule has 1 aromatic carbocycles. The largest absolute Gasteiger partial charge is 0.496 e. The molecule has 1 aromatic rings. The maximum absolute atomic E-state index is 12.5. The third kappa shape index (κ3) is 5.76. The van der Waals surface area contributed by atoms with E-state index in [1.54, 1.807) is 12.0 Å². The van der Waals surface area contributed by atoms with Gasteiger partial charge in [0.1, 0.15) is 5.75 Å². The maximum atomic E-state index is 12.5. The zero-order valence-electron chi connectivity index (χ0n) is 13.8. The van der Waals surface area contributed by atoms with Crippen molar-refractivity contribution >= 4 is 11.9 Å². The summed E-state index contributed by atoms with van der Waals surface area (Å²) in [6, 6.07) is 5.71. The lowest BCUT2D eigenvalue weighted by Crippen LogP contribution is -2.37. The van der Waals surface area contributed by atoms with Gasteiger partial charge in [-0.1, -0.05) is 31.5 Å². The summed E-state index contributed by atoms with van der Waals surface area (Å²) in [5, 5.41) is 8.83. The lowest BCUT2D eigenvalue weighted by Gasteiger charge is -2.24. The van der Waals surface area contributed by atoms with Gasteiger partial charge in [0.05, 0.1) is 20.0 Å². The number of ether oxygens (including phenoxy) is 1. The van der Waals surface area contributed by atoms with Crippen LogP contribution in [-0.2, 0) is 16.0 Å². The van der Waals surface area contributed by atoms with E-state index in [-0.39, 0.29) is 31.2 Å². The Morgan fingerprint density at radius 1 is 1.32 bits per heavy atom. The molecule has 22 heavy (non-hydrogen) atoms. The normalized spacial score (nSPS) is 10.6. The van der Waals surface area contributed by atoms with Gasteiger partial charge in [-0.05, 0) is 18.9 Å². The van der Waals surface area contributed by atoms with Crippen molar-refractivity contribution in [1.82, 2.24) is 4.90 Å². The molecule has 0 aromatic heterocycles. The molecule has 0 spiro atoms. The molecular weight excluding hydrogens is 282 g/mol. The fraction of sp³-hybridized carbons (Fsp3) is 0.529. The second-order valence-corrected chi connectivity index (χ2v) is 5.87. The Morgan fingerprint density at radius 3 is 2.55 bits per heavy atom. The average molecular weight is 307 g/mol. The van der Waals surface area contributed by atoms with E-state index in [1.165, 1.54) is 0 Å². The van der Waals surface area contributed by atoms with Gasteiger partial charge < -0.3 is 14.7 Å². The van der Waals surface area contributed by atoms with Crippen LogP contribution in [0.4, 0.5) is 0 Å². The Hall–Kier alpha value is -2.04. The van der Waals surface area contributed by atoms with E-state index in [4.69, 9.17) is 9.84 Å². The van der Waals surface area contributed by atoms with Gasteiger partial charge in [0, 0.05) is 18.7 Å². The van der Waals surface area contributed by atoms with E-state index in [2.05, 4.69) is 0 Å². The predicted molar refractivity (Wildman–Crippen MR) is 85.1 cm³/mol. The summed E-state index contributed by atoms with van der Waals surface area (Å²) < 4.78 is 5.30. The summed E-state index contributed by atoms with van der Waals surface area (Å²) in [4.78, 5) is 24.9. The molecule has 0 atom stereocenters. The molecule has 0 aliphatic carbocycles. The molecule has 5 nitrogen and oxygen atoms in total. The summed E-state index contributed by atoms with van der Waals surface area (Å²) in [6.07, 6.45) is 0.181. The highest BCUT2D eigenvalue weighted by molar-refractivity contribution is 5.80. The van der Waals surface area contributed by atoms with Gasteiger partial charge in [-0.25, -0.2) is 0 Å². The van der Waals surface area contributed by atoms with Crippen LogP contribution in [0.5, 0.6) is 5.75 Å². The second-order valence-electron chi connectivity index (χ2n) is 5.87. The SMILES string of the molecule is COc1ccc(C)cc1CC(=O)N(CCC(=O)O)CC(C)C. The van der Waals surface area contributed by atoms with E-state index < -0.39 is 5.97 Å². The van der Waals surface area contributed by atoms with Gasteiger partial charge in [-0.2, -0.15) is 0 Å². The number of aryl methyl sites for hydroxylation is 1. The molecule has 5 heteroatoms. The zero-order chi connectivity index (χ0) is 16.7. The van der Waals surface area contributed by atoms with Crippen LogP contribution in [0.2, 0.25) is 0 Å². The highest BCUT2D eigenvalue weighted by atomic mass is 16.5. The number of carbonyl (C=O) groups excluding carboxylic acids is 1. The van der Waals surface area contributed by atoms with Gasteiger partial charge >= 0.3 is 5.97 Å². The van der Waals surface area contributed by atoms with Crippen LogP contribution in [0.3, 0.4) is 0 Å². The summed E-state index contributed by atoms with van der Waals surface area (Å²) in [5.41, 5.74) is 1.89. The molecular formula is C17H25NO4. The lowest BCUT2D eigenvalue weighted by molar-refractivity contribution is -0.138. The monoisotopic (exact) mass is 307 g/mol. The van der Waals surface area contributed by atoms with Gasteiger partial charge in [0.15, 0.2) is 0 Å². The highest BCUT2D eigenvalue weighted by Gasteiger charge is 2.18. The van der Waals surface area contributed by atoms with E-state index in [0.717, 1.165) is 11.1 Å². The molecule has 122 valence electrons.